The smallest absolute Gasteiger partial charge is 0.223 e. The number of nitrogens with one attached hydrogen (secondary N) is 1. The molecule has 0 aliphatic heterocycles. The molecule has 0 fully saturated rings. The van der Waals surface area contributed by atoms with Gasteiger partial charge in [-0.2, -0.15) is 5.10 Å². The Kier molecular flexibility index (Phi) is 4.00. The van der Waals surface area contributed by atoms with Crippen LogP contribution in [0.25, 0.3) is 5.69 Å². The molecule has 1 aromatic carbocycles. The molecular formula is C16H17N5O. The van der Waals surface area contributed by atoms with Gasteiger partial charge in [0.2, 0.25) is 5.95 Å². The van der Waals surface area contributed by atoms with E-state index in [1.165, 1.54) is 0 Å². The summed E-state index contributed by atoms with van der Waals surface area (Å²) in [5.41, 5.74) is 2.00. The fourth-order valence-corrected chi connectivity index (χ4v) is 2.11. The lowest BCUT2D eigenvalue weighted by Gasteiger charge is -2.11. The van der Waals surface area contributed by atoms with Gasteiger partial charge >= 0.3 is 0 Å². The van der Waals surface area contributed by atoms with Crippen LogP contribution >= 0.6 is 0 Å². The zero-order valence-electron chi connectivity index (χ0n) is 12.5. The molecule has 6 nitrogen and oxygen atoms in total. The van der Waals surface area contributed by atoms with Crippen molar-refractivity contribution in [2.75, 3.05) is 12.4 Å². The minimum absolute atomic E-state index is 0.0572. The van der Waals surface area contributed by atoms with Crippen molar-refractivity contribution in [2.24, 2.45) is 0 Å². The largest absolute Gasteiger partial charge is 0.497 e. The van der Waals surface area contributed by atoms with Gasteiger partial charge in [-0.15, -0.1) is 0 Å². The average molecular weight is 295 g/mol. The summed E-state index contributed by atoms with van der Waals surface area (Å²) in [4.78, 5) is 8.33. The first-order valence-electron chi connectivity index (χ1n) is 6.99. The normalized spacial score (nSPS) is 11.9. The van der Waals surface area contributed by atoms with Crippen LogP contribution in [0.1, 0.15) is 18.5 Å². The summed E-state index contributed by atoms with van der Waals surface area (Å²) in [7, 11) is 1.65. The Morgan fingerprint density at radius 3 is 2.77 bits per heavy atom. The summed E-state index contributed by atoms with van der Waals surface area (Å²) in [6, 6.07) is 9.62. The fourth-order valence-electron chi connectivity index (χ4n) is 2.11. The second-order valence-electron chi connectivity index (χ2n) is 4.86. The first kappa shape index (κ1) is 14.1. The summed E-state index contributed by atoms with van der Waals surface area (Å²) < 4.78 is 7.06. The van der Waals surface area contributed by atoms with Crippen LogP contribution in [-0.4, -0.2) is 26.9 Å². The fraction of sp³-hybridized carbons (Fsp3) is 0.188. The Hall–Kier alpha value is -2.89. The van der Waals surface area contributed by atoms with Crippen LogP contribution in [0.5, 0.6) is 5.75 Å². The van der Waals surface area contributed by atoms with Crippen LogP contribution in [0.2, 0.25) is 0 Å². The molecule has 3 rings (SSSR count). The van der Waals surface area contributed by atoms with Gasteiger partial charge in [0.1, 0.15) is 5.75 Å². The number of aromatic nitrogens is 4. The lowest BCUT2D eigenvalue weighted by molar-refractivity contribution is 0.414. The molecule has 1 atom stereocenters. The van der Waals surface area contributed by atoms with Crippen LogP contribution in [0.3, 0.4) is 0 Å². The van der Waals surface area contributed by atoms with E-state index in [0.717, 1.165) is 17.0 Å². The lowest BCUT2D eigenvalue weighted by Crippen LogP contribution is -2.08. The Balaban J connectivity index is 1.78. The highest BCUT2D eigenvalue weighted by Gasteiger charge is 2.10. The molecule has 0 amide bonds. The molecule has 0 unspecified atom stereocenters. The van der Waals surface area contributed by atoms with Crippen LogP contribution < -0.4 is 10.1 Å². The van der Waals surface area contributed by atoms with Gasteiger partial charge in [-0.25, -0.2) is 14.6 Å². The van der Waals surface area contributed by atoms with Crippen molar-refractivity contribution in [3.05, 3.63) is 60.7 Å². The van der Waals surface area contributed by atoms with Crippen LogP contribution in [0.4, 0.5) is 5.95 Å². The number of nitrogens with zero attached hydrogens (tertiary/aromatic N) is 4. The third-order valence-electron chi connectivity index (χ3n) is 3.33. The van der Waals surface area contributed by atoms with E-state index in [-0.39, 0.29) is 6.04 Å². The maximum atomic E-state index is 5.24. The van der Waals surface area contributed by atoms with Crippen molar-refractivity contribution in [1.82, 2.24) is 19.7 Å². The van der Waals surface area contributed by atoms with E-state index in [4.69, 9.17) is 4.74 Å². The van der Waals surface area contributed by atoms with Crippen molar-refractivity contribution < 1.29 is 4.74 Å². The minimum atomic E-state index is 0.0572. The number of hydrogen-bond donors (Lipinski definition) is 1. The topological polar surface area (TPSA) is 64.9 Å². The molecule has 112 valence electrons. The third-order valence-corrected chi connectivity index (χ3v) is 3.33. The Morgan fingerprint density at radius 2 is 2.00 bits per heavy atom. The van der Waals surface area contributed by atoms with Gasteiger partial charge in [0.25, 0.3) is 0 Å². The quantitative estimate of drug-likeness (QED) is 0.784. The standard InChI is InChI=1S/C16H17N5O/c1-12(20-16-17-7-4-8-18-16)13-10-19-21(11-13)14-5-3-6-15(9-14)22-2/h3-12H,1-2H3,(H,17,18,20)/t12-/m0/s1. The van der Waals surface area contributed by atoms with E-state index < -0.39 is 0 Å². The van der Waals surface area contributed by atoms with Crippen molar-refractivity contribution >= 4 is 5.95 Å². The second-order valence-corrected chi connectivity index (χ2v) is 4.86. The number of hydrogen-bond acceptors (Lipinski definition) is 5. The number of rotatable bonds is 5. The molecule has 0 saturated heterocycles. The van der Waals surface area contributed by atoms with Gasteiger partial charge in [0.05, 0.1) is 25.0 Å². The molecular weight excluding hydrogens is 278 g/mol. The Morgan fingerprint density at radius 1 is 1.18 bits per heavy atom. The molecule has 22 heavy (non-hydrogen) atoms. The van der Waals surface area contributed by atoms with Crippen molar-refractivity contribution in [2.45, 2.75) is 13.0 Å². The molecule has 0 saturated carbocycles. The Bertz CT molecular complexity index is 741. The van der Waals surface area contributed by atoms with Gasteiger partial charge < -0.3 is 10.1 Å². The monoisotopic (exact) mass is 295 g/mol. The van der Waals surface area contributed by atoms with Gasteiger partial charge in [-0.3, -0.25) is 0 Å². The molecule has 0 radical (unpaired) electrons. The first-order valence-corrected chi connectivity index (χ1v) is 6.99. The summed E-state index contributed by atoms with van der Waals surface area (Å²) in [6.07, 6.45) is 7.24. The van der Waals surface area contributed by atoms with Crippen LogP contribution in [0.15, 0.2) is 55.1 Å². The van der Waals surface area contributed by atoms with Crippen molar-refractivity contribution in [3.63, 3.8) is 0 Å². The molecule has 2 aromatic heterocycles. The summed E-state index contributed by atoms with van der Waals surface area (Å²) in [5.74, 6) is 1.41. The highest BCUT2D eigenvalue weighted by atomic mass is 16.5. The number of anilines is 1. The zero-order chi connectivity index (χ0) is 15.4. The number of ether oxygens (including phenoxy) is 1. The van der Waals surface area contributed by atoms with E-state index >= 15 is 0 Å². The lowest BCUT2D eigenvalue weighted by atomic mass is 10.2. The molecule has 0 aliphatic rings. The van der Waals surface area contributed by atoms with Crippen LogP contribution in [0, 0.1) is 0 Å². The van der Waals surface area contributed by atoms with E-state index in [9.17, 15) is 0 Å². The van der Waals surface area contributed by atoms with Crippen molar-refractivity contribution in [3.8, 4) is 11.4 Å². The third kappa shape index (κ3) is 3.06. The molecule has 2 heterocycles. The maximum absolute atomic E-state index is 5.24. The van der Waals surface area contributed by atoms with Crippen LogP contribution in [-0.2, 0) is 0 Å². The van der Waals surface area contributed by atoms with E-state index in [0.29, 0.717) is 5.95 Å². The first-order chi connectivity index (χ1) is 10.8. The summed E-state index contributed by atoms with van der Waals surface area (Å²) >= 11 is 0. The summed E-state index contributed by atoms with van der Waals surface area (Å²) in [6.45, 7) is 2.04. The molecule has 0 spiro atoms. The molecule has 0 bridgehead atoms. The van der Waals surface area contributed by atoms with Gasteiger partial charge in [0, 0.05) is 30.2 Å². The Labute approximate surface area is 128 Å². The highest BCUT2D eigenvalue weighted by Crippen LogP contribution is 2.20. The number of methoxy groups -OCH3 is 1. The zero-order valence-corrected chi connectivity index (χ0v) is 12.5. The highest BCUT2D eigenvalue weighted by molar-refractivity contribution is 5.39. The molecule has 6 heteroatoms. The van der Waals surface area contributed by atoms with E-state index in [1.54, 1.807) is 25.6 Å². The SMILES string of the molecule is COc1cccc(-n2cc([C@H](C)Nc3ncccn3)cn2)c1. The molecule has 1 N–H and O–H groups in total. The minimum Gasteiger partial charge on any atom is -0.497 e. The maximum Gasteiger partial charge on any atom is 0.223 e. The van der Waals surface area contributed by atoms with Gasteiger partial charge in [-0.05, 0) is 25.1 Å². The van der Waals surface area contributed by atoms with Crippen molar-refractivity contribution in [1.29, 1.82) is 0 Å². The second kappa shape index (κ2) is 6.26. The van der Waals surface area contributed by atoms with E-state index in [2.05, 4.69) is 20.4 Å². The molecule has 3 aromatic rings. The van der Waals surface area contributed by atoms with E-state index in [1.807, 2.05) is 48.3 Å². The van der Waals surface area contributed by atoms with Gasteiger partial charge in [0.15, 0.2) is 0 Å². The molecule has 0 aliphatic carbocycles. The summed E-state index contributed by atoms with van der Waals surface area (Å²) in [5, 5.41) is 7.65. The van der Waals surface area contributed by atoms with Gasteiger partial charge in [-0.1, -0.05) is 6.07 Å². The number of benzene rings is 1. The average Bonchev–Trinajstić information content (AvgIpc) is 3.06. The predicted molar refractivity (Wildman–Crippen MR) is 84.2 cm³/mol. The predicted octanol–water partition coefficient (Wildman–Crippen LogP) is 2.84.